The van der Waals surface area contributed by atoms with E-state index in [0.29, 0.717) is 4.90 Å². The van der Waals surface area contributed by atoms with E-state index >= 15 is 0 Å². The monoisotopic (exact) mass is 637 g/mol. The van der Waals surface area contributed by atoms with Crippen molar-refractivity contribution >= 4 is 35.6 Å². The number of ether oxygens (including phenoxy) is 5. The lowest BCUT2D eigenvalue weighted by Gasteiger charge is -2.44. The van der Waals surface area contributed by atoms with Crippen LogP contribution in [0.5, 0.6) is 0 Å². The largest absolute Gasteiger partial charge is 0.465 e. The second-order valence-electron chi connectivity index (χ2n) is 9.46. The van der Waals surface area contributed by atoms with Gasteiger partial charge in [0.15, 0.2) is 29.7 Å². The summed E-state index contributed by atoms with van der Waals surface area (Å²) in [5, 5.41) is 7.99. The van der Waals surface area contributed by atoms with Gasteiger partial charge >= 0.3 is 23.9 Å². The molecule has 0 saturated carbocycles. The quantitative estimate of drug-likeness (QED) is 0.192. The third kappa shape index (κ3) is 7.55. The molecule has 0 aliphatic carbocycles. The van der Waals surface area contributed by atoms with Crippen LogP contribution in [0.2, 0.25) is 0 Å². The van der Waals surface area contributed by atoms with Gasteiger partial charge in [-0.15, -0.1) is 5.10 Å². The van der Waals surface area contributed by atoms with Gasteiger partial charge < -0.3 is 23.7 Å². The van der Waals surface area contributed by atoms with E-state index in [1.807, 2.05) is 0 Å². The number of benzene rings is 2. The van der Waals surface area contributed by atoms with Crippen molar-refractivity contribution in [2.24, 2.45) is 0 Å². The number of carbonyl (C=O) groups is 4. The molecule has 1 fully saturated rings. The van der Waals surface area contributed by atoms with Gasteiger partial charge in [0, 0.05) is 31.2 Å². The van der Waals surface area contributed by atoms with E-state index in [1.54, 1.807) is 12.1 Å². The first-order valence-electron chi connectivity index (χ1n) is 12.9. The van der Waals surface area contributed by atoms with Crippen molar-refractivity contribution < 1.29 is 56.0 Å². The topological polar surface area (TPSA) is 145 Å². The number of methoxy groups -OCH3 is 1. The summed E-state index contributed by atoms with van der Waals surface area (Å²) in [5.74, 6) is -7.35. The van der Waals surface area contributed by atoms with Gasteiger partial charge in [-0.05, 0) is 30.3 Å². The number of thioether (sulfide) groups is 1. The number of carbonyl (C=O) groups excluding carboxylic acids is 4. The van der Waals surface area contributed by atoms with Crippen molar-refractivity contribution in [1.82, 2.24) is 15.0 Å². The summed E-state index contributed by atoms with van der Waals surface area (Å²) < 4.78 is 70.1. The highest BCUT2D eigenvalue weighted by Crippen LogP contribution is 2.41. The molecule has 1 aromatic heterocycles. The molecule has 44 heavy (non-hydrogen) atoms. The lowest BCUT2D eigenvalue weighted by atomic mass is 9.96. The lowest BCUT2D eigenvalue weighted by molar-refractivity contribution is -0.212. The Morgan fingerprint density at radius 3 is 2.23 bits per heavy atom. The Morgan fingerprint density at radius 1 is 0.955 bits per heavy atom. The van der Waals surface area contributed by atoms with E-state index in [1.165, 1.54) is 25.4 Å². The zero-order valence-corrected chi connectivity index (χ0v) is 24.5. The first kappa shape index (κ1) is 32.5. The van der Waals surface area contributed by atoms with Crippen molar-refractivity contribution in [3.05, 3.63) is 65.6 Å². The standard InChI is InChI=1S/C28H26F3N3O9S/c1-13(35)40-12-22-25(41-14(2)36)24(34-11-21(32-33-34)17-9-19(29)23(31)20(30)10-17)26(42-15(3)37)28(43-22)44-18-7-5-6-16(8-18)27(38)39-4/h5-11,22,24-26,28H,12H2,1-4H3/t22?,24-,25-,26?,28+/m0/s1. The van der Waals surface area contributed by atoms with E-state index in [4.69, 9.17) is 23.7 Å². The molecule has 2 aromatic carbocycles. The van der Waals surface area contributed by atoms with Gasteiger partial charge in [-0.2, -0.15) is 0 Å². The molecular weight excluding hydrogens is 611 g/mol. The number of hydrogen-bond donors (Lipinski definition) is 0. The molecule has 12 nitrogen and oxygen atoms in total. The van der Waals surface area contributed by atoms with E-state index < -0.39 is 77.7 Å². The molecule has 16 heteroatoms. The van der Waals surface area contributed by atoms with Crippen LogP contribution in [0, 0.1) is 17.5 Å². The SMILES string of the molecule is COC(=O)c1cccc(S[C@H]2OC(COC(C)=O)[C@H](OC(C)=O)[C@H](n3cc(-c4cc(F)c(F)c(F)c4)nn3)C2OC(C)=O)c1. The maximum Gasteiger partial charge on any atom is 0.337 e. The van der Waals surface area contributed by atoms with Crippen molar-refractivity contribution in [3.63, 3.8) is 0 Å². The molecule has 1 saturated heterocycles. The predicted octanol–water partition coefficient (Wildman–Crippen LogP) is 3.63. The van der Waals surface area contributed by atoms with Crippen LogP contribution in [0.4, 0.5) is 13.2 Å². The fourth-order valence-electron chi connectivity index (χ4n) is 4.49. The minimum atomic E-state index is -1.67. The van der Waals surface area contributed by atoms with Crippen LogP contribution in [0.15, 0.2) is 47.5 Å². The zero-order chi connectivity index (χ0) is 32.1. The molecule has 2 unspecified atom stereocenters. The van der Waals surface area contributed by atoms with Crippen molar-refractivity contribution in [2.75, 3.05) is 13.7 Å². The summed E-state index contributed by atoms with van der Waals surface area (Å²) in [6.45, 7) is 3.03. The highest BCUT2D eigenvalue weighted by molar-refractivity contribution is 7.99. The van der Waals surface area contributed by atoms with E-state index in [-0.39, 0.29) is 16.8 Å². The Balaban J connectivity index is 1.82. The van der Waals surface area contributed by atoms with E-state index in [0.717, 1.165) is 49.3 Å². The fraction of sp³-hybridized carbons (Fsp3) is 0.357. The molecule has 234 valence electrons. The van der Waals surface area contributed by atoms with Gasteiger partial charge in [0.25, 0.3) is 0 Å². The number of rotatable bonds is 9. The zero-order valence-electron chi connectivity index (χ0n) is 23.7. The Morgan fingerprint density at radius 2 is 1.61 bits per heavy atom. The maximum atomic E-state index is 14.0. The van der Waals surface area contributed by atoms with E-state index in [2.05, 4.69) is 10.3 Å². The van der Waals surface area contributed by atoms with Gasteiger partial charge in [-0.1, -0.05) is 23.0 Å². The fourth-order valence-corrected chi connectivity index (χ4v) is 5.65. The number of halogens is 3. The average molecular weight is 638 g/mol. The first-order valence-corrected chi connectivity index (χ1v) is 13.8. The number of hydrogen-bond acceptors (Lipinski definition) is 12. The summed E-state index contributed by atoms with van der Waals surface area (Å²) in [7, 11) is 1.23. The minimum Gasteiger partial charge on any atom is -0.465 e. The summed E-state index contributed by atoms with van der Waals surface area (Å²) >= 11 is 1.03. The molecular formula is C28H26F3N3O9S. The highest BCUT2D eigenvalue weighted by Gasteiger charge is 2.52. The Kier molecular flexibility index (Phi) is 10.3. The molecule has 0 spiro atoms. The predicted molar refractivity (Wildman–Crippen MR) is 144 cm³/mol. The number of esters is 4. The molecule has 0 radical (unpaired) electrons. The number of nitrogens with zero attached hydrogens (tertiary/aromatic N) is 3. The van der Waals surface area contributed by atoms with Crippen molar-refractivity contribution in [3.8, 4) is 11.3 Å². The first-order chi connectivity index (χ1) is 20.9. The molecule has 0 amide bonds. The molecule has 1 aliphatic rings. The Labute approximate surface area is 252 Å². The maximum absolute atomic E-state index is 14.0. The van der Waals surface area contributed by atoms with Gasteiger partial charge in [0.2, 0.25) is 0 Å². The van der Waals surface area contributed by atoms with Crippen LogP contribution in [0.1, 0.15) is 37.2 Å². The molecule has 5 atom stereocenters. The molecule has 0 N–H and O–H groups in total. The van der Waals surface area contributed by atoms with Gasteiger partial charge in [-0.25, -0.2) is 22.6 Å². The van der Waals surface area contributed by atoms with Crippen LogP contribution in [0.25, 0.3) is 11.3 Å². The smallest absolute Gasteiger partial charge is 0.337 e. The highest BCUT2D eigenvalue weighted by atomic mass is 32.2. The molecule has 1 aliphatic heterocycles. The average Bonchev–Trinajstić information content (AvgIpc) is 3.45. The second-order valence-corrected chi connectivity index (χ2v) is 10.6. The lowest BCUT2D eigenvalue weighted by Crippen LogP contribution is -2.57. The normalized spacial score (nSPS) is 21.3. The van der Waals surface area contributed by atoms with Crippen LogP contribution in [-0.2, 0) is 38.1 Å². The summed E-state index contributed by atoms with van der Waals surface area (Å²) in [4.78, 5) is 48.9. The van der Waals surface area contributed by atoms with Gasteiger partial charge in [0.1, 0.15) is 29.9 Å². The summed E-state index contributed by atoms with van der Waals surface area (Å²) in [6.07, 6.45) is -2.48. The van der Waals surface area contributed by atoms with Crippen LogP contribution >= 0.6 is 11.8 Å². The van der Waals surface area contributed by atoms with Crippen LogP contribution in [0.3, 0.4) is 0 Å². The van der Waals surface area contributed by atoms with E-state index in [9.17, 15) is 32.3 Å². The van der Waals surface area contributed by atoms with Crippen LogP contribution < -0.4 is 0 Å². The summed E-state index contributed by atoms with van der Waals surface area (Å²) in [5.41, 5.74) is -1.11. The molecule has 3 aromatic rings. The summed E-state index contributed by atoms with van der Waals surface area (Å²) in [6, 6.07) is 6.55. The van der Waals surface area contributed by atoms with Gasteiger partial charge in [0.05, 0.1) is 18.9 Å². The second kappa shape index (κ2) is 13.9. The van der Waals surface area contributed by atoms with Gasteiger partial charge in [-0.3, -0.25) is 14.4 Å². The third-order valence-corrected chi connectivity index (χ3v) is 7.41. The Bertz CT molecular complexity index is 1550. The number of aromatic nitrogens is 3. The molecule has 2 heterocycles. The van der Waals surface area contributed by atoms with Crippen molar-refractivity contribution in [2.45, 2.75) is 55.5 Å². The minimum absolute atomic E-state index is 0.0936. The molecule has 0 bridgehead atoms. The van der Waals surface area contributed by atoms with Crippen LogP contribution in [-0.4, -0.2) is 76.3 Å². The molecule has 4 rings (SSSR count). The van der Waals surface area contributed by atoms with Crippen molar-refractivity contribution in [1.29, 1.82) is 0 Å². The Hall–Kier alpha value is -4.44. The third-order valence-electron chi connectivity index (χ3n) is 6.27.